The molecule has 0 saturated carbocycles. The molecule has 1 aliphatic rings. The molecule has 0 bridgehead atoms. The first-order chi connectivity index (χ1) is 11.5. The van der Waals surface area contributed by atoms with Crippen molar-refractivity contribution in [3.05, 3.63) is 34.5 Å². The Bertz CT molecular complexity index is 779. The van der Waals surface area contributed by atoms with Gasteiger partial charge in [-0.3, -0.25) is 9.69 Å². The second-order valence-electron chi connectivity index (χ2n) is 6.86. The zero-order valence-electron chi connectivity index (χ0n) is 15.1. The van der Waals surface area contributed by atoms with Gasteiger partial charge in [0, 0.05) is 42.7 Å². The highest BCUT2D eigenvalue weighted by atomic mass is 16.5. The van der Waals surface area contributed by atoms with Gasteiger partial charge in [0.05, 0.1) is 7.11 Å². The fourth-order valence-corrected chi connectivity index (χ4v) is 3.84. The first-order valence-electron chi connectivity index (χ1n) is 8.61. The molecule has 1 aromatic heterocycles. The van der Waals surface area contributed by atoms with E-state index in [1.54, 1.807) is 0 Å². The Morgan fingerprint density at radius 3 is 2.62 bits per heavy atom. The lowest BCUT2D eigenvalue weighted by atomic mass is 10.00. The van der Waals surface area contributed by atoms with Crippen molar-refractivity contribution in [3.8, 4) is 0 Å². The molecule has 1 aromatic carbocycles. The maximum absolute atomic E-state index is 11.8. The number of hydrogen-bond donors (Lipinski definition) is 1. The van der Waals surface area contributed by atoms with Gasteiger partial charge in [0.2, 0.25) is 0 Å². The molecule has 1 unspecified atom stereocenters. The van der Waals surface area contributed by atoms with Crippen molar-refractivity contribution >= 4 is 16.9 Å². The van der Waals surface area contributed by atoms with Crippen LogP contribution >= 0.6 is 0 Å². The molecule has 2 aromatic rings. The van der Waals surface area contributed by atoms with Crippen molar-refractivity contribution < 1.29 is 9.53 Å². The van der Waals surface area contributed by atoms with E-state index in [0.717, 1.165) is 26.1 Å². The second kappa shape index (κ2) is 6.57. The molecular weight excluding hydrogens is 302 g/mol. The number of carbonyl (C=O) groups excluding carboxylic acids is 1. The van der Waals surface area contributed by atoms with Crippen LogP contribution in [0.1, 0.15) is 35.7 Å². The molecule has 1 atom stereocenters. The van der Waals surface area contributed by atoms with Crippen molar-refractivity contribution in [2.45, 2.75) is 52.4 Å². The topological polar surface area (TPSA) is 60.5 Å². The molecule has 0 amide bonds. The molecule has 1 aliphatic heterocycles. The lowest BCUT2D eigenvalue weighted by Gasteiger charge is -2.10. The van der Waals surface area contributed by atoms with Gasteiger partial charge >= 0.3 is 5.97 Å². The van der Waals surface area contributed by atoms with Crippen molar-refractivity contribution in [3.63, 3.8) is 0 Å². The van der Waals surface area contributed by atoms with Gasteiger partial charge in [-0.2, -0.15) is 0 Å². The van der Waals surface area contributed by atoms with E-state index in [4.69, 9.17) is 10.5 Å². The van der Waals surface area contributed by atoms with Crippen molar-refractivity contribution in [2.75, 3.05) is 14.2 Å². The number of aromatic nitrogens is 1. The fraction of sp³-hybridized carbons (Fsp3) is 0.526. The summed E-state index contributed by atoms with van der Waals surface area (Å²) in [4.78, 5) is 14.1. The number of aryl methyl sites for hydroxylation is 1. The predicted octanol–water partition coefficient (Wildman–Crippen LogP) is 2.35. The average molecular weight is 329 g/mol. The van der Waals surface area contributed by atoms with Gasteiger partial charge in [-0.05, 0) is 49.2 Å². The third-order valence-electron chi connectivity index (χ3n) is 5.03. The quantitative estimate of drug-likeness (QED) is 0.856. The van der Waals surface area contributed by atoms with Crippen LogP contribution < -0.4 is 5.73 Å². The molecule has 2 heterocycles. The maximum atomic E-state index is 11.8. The third-order valence-corrected chi connectivity index (χ3v) is 5.03. The lowest BCUT2D eigenvalue weighted by molar-refractivity contribution is -0.142. The number of nitrogens with zero attached hydrogens (tertiary/aromatic N) is 2. The molecule has 0 aliphatic carbocycles. The summed E-state index contributed by atoms with van der Waals surface area (Å²) in [6.45, 7) is 7.27. The Morgan fingerprint density at radius 2 is 2.00 bits per heavy atom. The van der Waals surface area contributed by atoms with Gasteiger partial charge in [0.15, 0.2) is 0 Å². The number of benzene rings is 1. The maximum Gasteiger partial charge on any atom is 0.322 e. The normalized spacial score (nSPS) is 15.7. The first-order valence-corrected chi connectivity index (χ1v) is 8.61. The molecule has 2 N–H and O–H groups in total. The van der Waals surface area contributed by atoms with E-state index >= 15 is 0 Å². The van der Waals surface area contributed by atoms with E-state index in [0.29, 0.717) is 6.42 Å². The SMILES string of the molecule is CCCn1c(C)c(CC(N)C(=O)OC)c2cc3c(cc21)CN(C)C3. The summed E-state index contributed by atoms with van der Waals surface area (Å²) in [6, 6.07) is 4.00. The number of fused-ring (bicyclic) bond motifs is 2. The van der Waals surface area contributed by atoms with Gasteiger partial charge in [-0.25, -0.2) is 0 Å². The Morgan fingerprint density at radius 1 is 1.33 bits per heavy atom. The number of rotatable bonds is 5. The fourth-order valence-electron chi connectivity index (χ4n) is 3.84. The average Bonchev–Trinajstić information content (AvgIpc) is 3.03. The molecule has 0 radical (unpaired) electrons. The van der Waals surface area contributed by atoms with Crippen LogP contribution in [0.2, 0.25) is 0 Å². The van der Waals surface area contributed by atoms with E-state index in [2.05, 4.69) is 42.5 Å². The molecule has 5 nitrogen and oxygen atoms in total. The Hall–Kier alpha value is -1.85. The smallest absolute Gasteiger partial charge is 0.322 e. The molecule has 0 spiro atoms. The monoisotopic (exact) mass is 329 g/mol. The minimum atomic E-state index is -0.620. The second-order valence-corrected chi connectivity index (χ2v) is 6.86. The minimum absolute atomic E-state index is 0.355. The number of nitrogens with two attached hydrogens (primary N) is 1. The van der Waals surface area contributed by atoms with E-state index in [9.17, 15) is 4.79 Å². The number of carbonyl (C=O) groups is 1. The number of esters is 1. The molecule has 0 saturated heterocycles. The van der Waals surface area contributed by atoms with E-state index in [1.807, 2.05) is 0 Å². The highest BCUT2D eigenvalue weighted by Crippen LogP contribution is 2.33. The van der Waals surface area contributed by atoms with Crippen LogP contribution in [0.15, 0.2) is 12.1 Å². The molecule has 0 fully saturated rings. The number of hydrogen-bond acceptors (Lipinski definition) is 4. The largest absolute Gasteiger partial charge is 0.468 e. The molecule has 24 heavy (non-hydrogen) atoms. The van der Waals surface area contributed by atoms with Crippen molar-refractivity contribution in [2.24, 2.45) is 5.73 Å². The summed E-state index contributed by atoms with van der Waals surface area (Å²) in [5.41, 5.74) is 12.5. The van der Waals surface area contributed by atoms with Crippen LogP contribution in [0.25, 0.3) is 10.9 Å². The van der Waals surface area contributed by atoms with E-state index < -0.39 is 6.04 Å². The summed E-state index contributed by atoms with van der Waals surface area (Å²) >= 11 is 0. The van der Waals surface area contributed by atoms with Gasteiger partial charge in [0.1, 0.15) is 6.04 Å². The summed E-state index contributed by atoms with van der Waals surface area (Å²) in [7, 11) is 3.53. The highest BCUT2D eigenvalue weighted by Gasteiger charge is 2.23. The standard InChI is InChI=1S/C19H27N3O2/c1-5-6-22-12(2)15(9-17(20)19(23)24-4)16-7-13-10-21(3)11-14(13)8-18(16)22/h7-8,17H,5-6,9-11,20H2,1-4H3. The van der Waals surface area contributed by atoms with E-state index in [1.165, 1.54) is 40.4 Å². The zero-order chi connectivity index (χ0) is 17.4. The summed E-state index contributed by atoms with van der Waals surface area (Å²) in [6.07, 6.45) is 1.59. The van der Waals surface area contributed by atoms with Gasteiger partial charge in [0.25, 0.3) is 0 Å². The molecule has 3 rings (SSSR count). The van der Waals surface area contributed by atoms with Crippen LogP contribution in [0.5, 0.6) is 0 Å². The molecule has 130 valence electrons. The van der Waals surface area contributed by atoms with Crippen molar-refractivity contribution in [1.29, 1.82) is 0 Å². The van der Waals surface area contributed by atoms with Crippen LogP contribution in [-0.4, -0.2) is 35.6 Å². The van der Waals surface area contributed by atoms with Crippen molar-refractivity contribution in [1.82, 2.24) is 9.47 Å². The van der Waals surface area contributed by atoms with E-state index in [-0.39, 0.29) is 5.97 Å². The van der Waals surface area contributed by atoms with Crippen LogP contribution in [-0.2, 0) is 35.6 Å². The minimum Gasteiger partial charge on any atom is -0.468 e. The van der Waals surface area contributed by atoms with Crippen LogP contribution in [0.3, 0.4) is 0 Å². The van der Waals surface area contributed by atoms with Gasteiger partial charge in [-0.1, -0.05) is 6.92 Å². The van der Waals surface area contributed by atoms with Crippen LogP contribution in [0.4, 0.5) is 0 Å². The first kappa shape index (κ1) is 17.0. The number of ether oxygens (including phenoxy) is 1. The highest BCUT2D eigenvalue weighted by molar-refractivity contribution is 5.88. The zero-order valence-corrected chi connectivity index (χ0v) is 15.1. The van der Waals surface area contributed by atoms with Gasteiger partial charge < -0.3 is 15.0 Å². The molecule has 5 heteroatoms. The third kappa shape index (κ3) is 2.82. The predicted molar refractivity (Wildman–Crippen MR) is 95.8 cm³/mol. The number of methoxy groups -OCH3 is 1. The molecular formula is C19H27N3O2. The summed E-state index contributed by atoms with van der Waals surface area (Å²) < 4.78 is 7.17. The Kier molecular flexibility index (Phi) is 4.65. The summed E-state index contributed by atoms with van der Waals surface area (Å²) in [5.74, 6) is -0.355. The summed E-state index contributed by atoms with van der Waals surface area (Å²) in [5, 5.41) is 1.23. The van der Waals surface area contributed by atoms with Crippen LogP contribution in [0, 0.1) is 6.92 Å². The lowest BCUT2D eigenvalue weighted by Crippen LogP contribution is -2.33. The Labute approximate surface area is 143 Å². The Balaban J connectivity index is 2.12. The van der Waals surface area contributed by atoms with Gasteiger partial charge in [-0.15, -0.1) is 0 Å².